The van der Waals surface area contributed by atoms with E-state index in [4.69, 9.17) is 0 Å². The maximum atomic E-state index is 12.7. The normalized spacial score (nSPS) is 17.3. The maximum absolute atomic E-state index is 12.7. The van der Waals surface area contributed by atoms with Crippen LogP contribution >= 0.6 is 11.3 Å². The van der Waals surface area contributed by atoms with Crippen LogP contribution in [0.5, 0.6) is 0 Å². The summed E-state index contributed by atoms with van der Waals surface area (Å²) in [6.45, 7) is 4.84. The molecule has 2 aromatic rings. The molecule has 0 aromatic carbocycles. The predicted octanol–water partition coefficient (Wildman–Crippen LogP) is 2.35. The molecule has 1 unspecified atom stereocenters. The molecule has 5 nitrogen and oxygen atoms in total. The van der Waals surface area contributed by atoms with Crippen molar-refractivity contribution in [3.05, 3.63) is 35.5 Å². The third-order valence-corrected chi connectivity index (χ3v) is 4.94. The minimum absolute atomic E-state index is 0.179. The van der Waals surface area contributed by atoms with Gasteiger partial charge < -0.3 is 10.2 Å². The van der Waals surface area contributed by atoms with Crippen molar-refractivity contribution >= 4 is 17.2 Å². The van der Waals surface area contributed by atoms with Gasteiger partial charge in [0.25, 0.3) is 0 Å². The number of hydrogen-bond donors (Lipinski definition) is 1. The van der Waals surface area contributed by atoms with E-state index in [0.717, 1.165) is 48.9 Å². The summed E-state index contributed by atoms with van der Waals surface area (Å²) in [5.41, 5.74) is 1.70. The minimum Gasteiger partial charge on any atom is -0.338 e. The first-order valence-electron chi connectivity index (χ1n) is 8.14. The Kier molecular flexibility index (Phi) is 5.35. The Labute approximate surface area is 140 Å². The van der Waals surface area contributed by atoms with Crippen LogP contribution in [0, 0.1) is 0 Å². The molecule has 1 aliphatic heterocycles. The third kappa shape index (κ3) is 3.95. The molecule has 0 radical (unpaired) electrons. The Morgan fingerprint density at radius 1 is 1.48 bits per heavy atom. The molecule has 0 bridgehead atoms. The van der Waals surface area contributed by atoms with Crippen molar-refractivity contribution < 1.29 is 4.79 Å². The number of rotatable bonds is 6. The van der Waals surface area contributed by atoms with Gasteiger partial charge in [-0.15, -0.1) is 11.3 Å². The van der Waals surface area contributed by atoms with Gasteiger partial charge in [0.2, 0.25) is 5.91 Å². The van der Waals surface area contributed by atoms with Crippen LogP contribution in [0.4, 0.5) is 0 Å². The fourth-order valence-electron chi connectivity index (χ4n) is 2.91. The van der Waals surface area contributed by atoms with Gasteiger partial charge in [0.15, 0.2) is 0 Å². The number of hydrogen-bond acceptors (Lipinski definition) is 5. The Morgan fingerprint density at radius 2 is 2.39 bits per heavy atom. The van der Waals surface area contributed by atoms with Crippen LogP contribution in [0.2, 0.25) is 0 Å². The van der Waals surface area contributed by atoms with Crippen LogP contribution in [0.25, 0.3) is 10.7 Å². The molecule has 1 N–H and O–H groups in total. The zero-order valence-corrected chi connectivity index (χ0v) is 14.2. The Balaban J connectivity index is 1.68. The molecule has 3 rings (SSSR count). The predicted molar refractivity (Wildman–Crippen MR) is 92.3 cm³/mol. The van der Waals surface area contributed by atoms with Crippen molar-refractivity contribution in [1.29, 1.82) is 0 Å². The van der Waals surface area contributed by atoms with Crippen molar-refractivity contribution in [2.24, 2.45) is 0 Å². The number of amides is 1. The molecule has 1 aliphatic rings. The molecule has 0 aliphatic carbocycles. The number of nitrogens with one attached hydrogen (secondary N) is 1. The first-order valence-corrected chi connectivity index (χ1v) is 9.02. The van der Waals surface area contributed by atoms with E-state index >= 15 is 0 Å². The summed E-state index contributed by atoms with van der Waals surface area (Å²) < 4.78 is 0. The largest absolute Gasteiger partial charge is 0.338 e. The van der Waals surface area contributed by atoms with Gasteiger partial charge in [0.1, 0.15) is 5.01 Å². The summed E-state index contributed by atoms with van der Waals surface area (Å²) in [6, 6.07) is 6.11. The Hall–Kier alpha value is -1.79. The molecule has 1 amide bonds. The lowest BCUT2D eigenvalue weighted by molar-refractivity contribution is -0.132. The second-order valence-electron chi connectivity index (χ2n) is 5.77. The molecule has 0 saturated carbocycles. The van der Waals surface area contributed by atoms with Crippen LogP contribution in [-0.4, -0.2) is 46.5 Å². The highest BCUT2D eigenvalue weighted by atomic mass is 32.1. The molecule has 1 fully saturated rings. The van der Waals surface area contributed by atoms with Gasteiger partial charge in [-0.25, -0.2) is 4.98 Å². The van der Waals surface area contributed by atoms with E-state index in [0.29, 0.717) is 12.5 Å². The van der Waals surface area contributed by atoms with Gasteiger partial charge in [0, 0.05) is 30.7 Å². The number of carbonyl (C=O) groups is 1. The number of nitrogens with zero attached hydrogens (tertiary/aromatic N) is 3. The van der Waals surface area contributed by atoms with Crippen molar-refractivity contribution in [3.63, 3.8) is 0 Å². The summed E-state index contributed by atoms with van der Waals surface area (Å²) >= 11 is 1.55. The Morgan fingerprint density at radius 3 is 3.09 bits per heavy atom. The number of aromatic nitrogens is 2. The zero-order valence-electron chi connectivity index (χ0n) is 13.4. The van der Waals surface area contributed by atoms with Gasteiger partial charge >= 0.3 is 0 Å². The van der Waals surface area contributed by atoms with E-state index in [2.05, 4.69) is 22.2 Å². The standard InChI is InChI=1S/C17H22N4OS/c1-2-9-21(14-6-8-18-11-14)16(22)10-13-12-23-17(20-13)15-5-3-4-7-19-15/h3-5,7,12,14,18H,2,6,8-11H2,1H3. The fraction of sp³-hybridized carbons (Fsp3) is 0.471. The SMILES string of the molecule is CCCN(C(=O)Cc1csc(-c2ccccn2)n1)C1CCNC1. The number of carbonyl (C=O) groups excluding carboxylic acids is 1. The molecule has 6 heteroatoms. The second-order valence-corrected chi connectivity index (χ2v) is 6.63. The van der Waals surface area contributed by atoms with Gasteiger partial charge in [-0.2, -0.15) is 0 Å². The summed E-state index contributed by atoms with van der Waals surface area (Å²) in [4.78, 5) is 23.6. The van der Waals surface area contributed by atoms with Crippen molar-refractivity contribution in [3.8, 4) is 10.7 Å². The average molecular weight is 330 g/mol. The van der Waals surface area contributed by atoms with Gasteiger partial charge in [-0.1, -0.05) is 13.0 Å². The van der Waals surface area contributed by atoms with Crippen molar-refractivity contribution in [1.82, 2.24) is 20.2 Å². The van der Waals surface area contributed by atoms with E-state index < -0.39 is 0 Å². The third-order valence-electron chi connectivity index (χ3n) is 4.03. The molecule has 3 heterocycles. The van der Waals surface area contributed by atoms with E-state index in [1.807, 2.05) is 28.5 Å². The lowest BCUT2D eigenvalue weighted by Crippen LogP contribution is -2.42. The summed E-state index contributed by atoms with van der Waals surface area (Å²) in [6.07, 6.45) is 4.16. The van der Waals surface area contributed by atoms with Crippen LogP contribution in [0.1, 0.15) is 25.5 Å². The van der Waals surface area contributed by atoms with Crippen LogP contribution < -0.4 is 5.32 Å². The molecule has 2 aromatic heterocycles. The highest BCUT2D eigenvalue weighted by molar-refractivity contribution is 7.13. The highest BCUT2D eigenvalue weighted by Gasteiger charge is 2.26. The summed E-state index contributed by atoms with van der Waals surface area (Å²) in [7, 11) is 0. The van der Waals surface area contributed by atoms with Crippen LogP contribution in [0.3, 0.4) is 0 Å². The molecular formula is C17H22N4OS. The average Bonchev–Trinajstić information content (AvgIpc) is 3.25. The topological polar surface area (TPSA) is 58.1 Å². The smallest absolute Gasteiger partial charge is 0.228 e. The van der Waals surface area contributed by atoms with E-state index in [1.165, 1.54) is 0 Å². The fourth-order valence-corrected chi connectivity index (χ4v) is 3.70. The lowest BCUT2D eigenvalue weighted by atomic mass is 10.2. The Bertz CT molecular complexity index is 637. The van der Waals surface area contributed by atoms with Crippen LogP contribution in [0.15, 0.2) is 29.8 Å². The number of pyridine rings is 1. The van der Waals surface area contributed by atoms with Crippen molar-refractivity contribution in [2.75, 3.05) is 19.6 Å². The van der Waals surface area contributed by atoms with Crippen molar-refractivity contribution in [2.45, 2.75) is 32.2 Å². The van der Waals surface area contributed by atoms with E-state index in [9.17, 15) is 4.79 Å². The highest BCUT2D eigenvalue weighted by Crippen LogP contribution is 2.22. The molecular weight excluding hydrogens is 308 g/mol. The second kappa shape index (κ2) is 7.66. The van der Waals surface area contributed by atoms with Crippen LogP contribution in [-0.2, 0) is 11.2 Å². The first-order chi connectivity index (χ1) is 11.3. The molecule has 1 atom stereocenters. The maximum Gasteiger partial charge on any atom is 0.228 e. The minimum atomic E-state index is 0.179. The molecule has 23 heavy (non-hydrogen) atoms. The van der Waals surface area contributed by atoms with E-state index in [1.54, 1.807) is 17.5 Å². The molecule has 1 saturated heterocycles. The molecule has 122 valence electrons. The first kappa shape index (κ1) is 16.1. The summed E-state index contributed by atoms with van der Waals surface area (Å²) in [5.74, 6) is 0.179. The quantitative estimate of drug-likeness (QED) is 0.883. The summed E-state index contributed by atoms with van der Waals surface area (Å²) in [5, 5.41) is 6.18. The van der Waals surface area contributed by atoms with Gasteiger partial charge in [0.05, 0.1) is 17.8 Å². The lowest BCUT2D eigenvalue weighted by Gasteiger charge is -2.28. The zero-order chi connectivity index (χ0) is 16.1. The van der Waals surface area contributed by atoms with Gasteiger partial charge in [-0.3, -0.25) is 9.78 Å². The monoisotopic (exact) mass is 330 g/mol. The number of thiazole rings is 1. The van der Waals surface area contributed by atoms with Gasteiger partial charge in [-0.05, 0) is 31.5 Å². The molecule has 0 spiro atoms. The van der Waals surface area contributed by atoms with E-state index in [-0.39, 0.29) is 5.91 Å².